The fourth-order valence-corrected chi connectivity index (χ4v) is 1.54. The fourth-order valence-electron chi connectivity index (χ4n) is 1.29. The summed E-state index contributed by atoms with van der Waals surface area (Å²) in [6.45, 7) is 2.54. The number of halogens is 2. The van der Waals surface area contributed by atoms with Gasteiger partial charge in [0, 0.05) is 0 Å². The molecule has 6 heteroatoms. The summed E-state index contributed by atoms with van der Waals surface area (Å²) < 4.78 is 10.8. The van der Waals surface area contributed by atoms with E-state index < -0.39 is 0 Å². The highest BCUT2D eigenvalue weighted by Crippen LogP contribution is 2.28. The third-order valence-corrected chi connectivity index (χ3v) is 2.47. The normalized spacial score (nSPS) is 10.2. The maximum Gasteiger partial charge on any atom is 0.242 e. The largest absolute Gasteiger partial charge is 0.494 e. The first-order chi connectivity index (χ1) is 8.69. The summed E-state index contributed by atoms with van der Waals surface area (Å²) >= 11 is 11.6. The summed E-state index contributed by atoms with van der Waals surface area (Å²) in [4.78, 5) is 7.64. The second-order valence-electron chi connectivity index (χ2n) is 3.30. The Morgan fingerprint density at radius 3 is 2.44 bits per heavy atom. The summed E-state index contributed by atoms with van der Waals surface area (Å²) in [6, 6.07) is 7.12. The monoisotopic (exact) mass is 284 g/mol. The van der Waals surface area contributed by atoms with Crippen molar-refractivity contribution in [3.8, 4) is 17.4 Å². The van der Waals surface area contributed by atoms with Crippen LogP contribution in [-0.2, 0) is 0 Å². The van der Waals surface area contributed by atoms with E-state index in [1.807, 2.05) is 6.92 Å². The van der Waals surface area contributed by atoms with Crippen LogP contribution >= 0.6 is 23.2 Å². The fraction of sp³-hybridized carbons (Fsp3) is 0.167. The zero-order valence-electron chi connectivity index (χ0n) is 9.56. The molecule has 0 amide bonds. The van der Waals surface area contributed by atoms with Crippen LogP contribution in [-0.4, -0.2) is 16.6 Å². The quantitative estimate of drug-likeness (QED) is 0.797. The molecule has 2 rings (SSSR count). The first-order valence-corrected chi connectivity index (χ1v) is 6.03. The third kappa shape index (κ3) is 3.24. The second-order valence-corrected chi connectivity index (χ2v) is 4.04. The van der Waals surface area contributed by atoms with Crippen molar-refractivity contribution in [2.45, 2.75) is 6.92 Å². The molecule has 1 heterocycles. The van der Waals surface area contributed by atoms with Crippen molar-refractivity contribution in [1.82, 2.24) is 9.97 Å². The second kappa shape index (κ2) is 5.89. The average Bonchev–Trinajstić information content (AvgIpc) is 2.37. The van der Waals surface area contributed by atoms with Crippen molar-refractivity contribution >= 4 is 23.2 Å². The van der Waals surface area contributed by atoms with E-state index in [-0.39, 0.29) is 11.2 Å². The van der Waals surface area contributed by atoms with Gasteiger partial charge in [-0.3, -0.25) is 0 Å². The van der Waals surface area contributed by atoms with Gasteiger partial charge in [-0.05, 0) is 42.8 Å². The van der Waals surface area contributed by atoms with Gasteiger partial charge >= 0.3 is 0 Å². The molecular weight excluding hydrogens is 275 g/mol. The number of rotatable bonds is 4. The highest BCUT2D eigenvalue weighted by molar-refractivity contribution is 6.32. The lowest BCUT2D eigenvalue weighted by Gasteiger charge is -2.07. The Hall–Kier alpha value is -1.52. The van der Waals surface area contributed by atoms with E-state index in [1.165, 1.54) is 6.20 Å². The van der Waals surface area contributed by atoms with Crippen LogP contribution in [0.15, 0.2) is 30.5 Å². The maximum absolute atomic E-state index is 5.89. The molecule has 0 saturated carbocycles. The van der Waals surface area contributed by atoms with Crippen LogP contribution in [0.2, 0.25) is 10.3 Å². The minimum Gasteiger partial charge on any atom is -0.494 e. The summed E-state index contributed by atoms with van der Waals surface area (Å²) in [6.07, 6.45) is 1.39. The lowest BCUT2D eigenvalue weighted by molar-refractivity contribution is 0.339. The van der Waals surface area contributed by atoms with Crippen LogP contribution in [0.1, 0.15) is 6.92 Å². The van der Waals surface area contributed by atoms with Crippen LogP contribution < -0.4 is 9.47 Å². The number of hydrogen-bond acceptors (Lipinski definition) is 4. The van der Waals surface area contributed by atoms with E-state index in [1.54, 1.807) is 24.3 Å². The Kier molecular flexibility index (Phi) is 4.23. The Morgan fingerprint density at radius 1 is 1.11 bits per heavy atom. The van der Waals surface area contributed by atoms with Crippen molar-refractivity contribution in [2.24, 2.45) is 0 Å². The topological polar surface area (TPSA) is 44.2 Å². The van der Waals surface area contributed by atoms with Crippen molar-refractivity contribution in [2.75, 3.05) is 6.61 Å². The number of aromatic nitrogens is 2. The number of nitrogens with zero attached hydrogens (tertiary/aromatic N) is 2. The highest BCUT2D eigenvalue weighted by Gasteiger charge is 2.07. The molecule has 2 aromatic rings. The van der Waals surface area contributed by atoms with Gasteiger partial charge in [0.2, 0.25) is 11.2 Å². The van der Waals surface area contributed by atoms with Gasteiger partial charge in [-0.25, -0.2) is 4.98 Å². The molecule has 0 aliphatic rings. The average molecular weight is 285 g/mol. The molecule has 0 unspecified atom stereocenters. The van der Waals surface area contributed by atoms with Gasteiger partial charge in [-0.2, -0.15) is 4.98 Å². The van der Waals surface area contributed by atoms with Gasteiger partial charge in [0.05, 0.1) is 12.8 Å². The molecular formula is C12H10Cl2N2O2. The molecule has 18 heavy (non-hydrogen) atoms. The Morgan fingerprint density at radius 2 is 1.78 bits per heavy atom. The zero-order chi connectivity index (χ0) is 13.0. The third-order valence-electron chi connectivity index (χ3n) is 2.03. The molecule has 0 saturated heterocycles. The molecule has 0 bridgehead atoms. The predicted octanol–water partition coefficient (Wildman–Crippen LogP) is 3.97. The minimum atomic E-state index is 0.0836. The summed E-state index contributed by atoms with van der Waals surface area (Å²) in [7, 11) is 0. The molecule has 0 fully saturated rings. The van der Waals surface area contributed by atoms with Gasteiger partial charge in [-0.1, -0.05) is 11.6 Å². The number of benzene rings is 1. The van der Waals surface area contributed by atoms with Crippen molar-refractivity contribution < 1.29 is 9.47 Å². The van der Waals surface area contributed by atoms with E-state index in [0.717, 1.165) is 5.75 Å². The summed E-state index contributed by atoms with van der Waals surface area (Å²) in [5.74, 6) is 1.59. The lowest BCUT2D eigenvalue weighted by atomic mass is 10.3. The molecule has 94 valence electrons. The molecule has 0 aliphatic carbocycles. The summed E-state index contributed by atoms with van der Waals surface area (Å²) in [5, 5.41) is 0.383. The van der Waals surface area contributed by atoms with Gasteiger partial charge in [-0.15, -0.1) is 0 Å². The predicted molar refractivity (Wildman–Crippen MR) is 69.7 cm³/mol. The van der Waals surface area contributed by atoms with Gasteiger partial charge in [0.15, 0.2) is 0 Å². The first-order valence-electron chi connectivity index (χ1n) is 5.28. The minimum absolute atomic E-state index is 0.0836. The first kappa shape index (κ1) is 12.9. The van der Waals surface area contributed by atoms with Crippen molar-refractivity contribution in [3.63, 3.8) is 0 Å². The van der Waals surface area contributed by atoms with Crippen LogP contribution in [0.25, 0.3) is 0 Å². The van der Waals surface area contributed by atoms with Gasteiger partial charge in [0.25, 0.3) is 0 Å². The Bertz CT molecular complexity index is 532. The zero-order valence-corrected chi connectivity index (χ0v) is 11.1. The van der Waals surface area contributed by atoms with E-state index >= 15 is 0 Å². The van der Waals surface area contributed by atoms with Gasteiger partial charge in [0.1, 0.15) is 16.5 Å². The molecule has 0 spiro atoms. The molecule has 4 nitrogen and oxygen atoms in total. The van der Waals surface area contributed by atoms with Gasteiger partial charge < -0.3 is 9.47 Å². The molecule has 0 N–H and O–H groups in total. The van der Waals surface area contributed by atoms with Crippen LogP contribution in [0.4, 0.5) is 0 Å². The Balaban J connectivity index is 2.15. The van der Waals surface area contributed by atoms with Crippen LogP contribution in [0, 0.1) is 0 Å². The SMILES string of the molecule is CCOc1ccc(Oc2nc(Cl)ncc2Cl)cc1. The van der Waals surface area contributed by atoms with Crippen molar-refractivity contribution in [3.05, 3.63) is 40.8 Å². The molecule has 0 atom stereocenters. The standard InChI is InChI=1S/C12H10Cl2N2O2/c1-2-17-8-3-5-9(6-4-8)18-11-10(13)7-15-12(14)16-11/h3-7H,2H2,1H3. The molecule has 1 aromatic heterocycles. The number of hydrogen-bond donors (Lipinski definition) is 0. The molecule has 1 aromatic carbocycles. The van der Waals surface area contributed by atoms with E-state index in [9.17, 15) is 0 Å². The van der Waals surface area contributed by atoms with E-state index in [4.69, 9.17) is 32.7 Å². The van der Waals surface area contributed by atoms with Crippen molar-refractivity contribution in [1.29, 1.82) is 0 Å². The van der Waals surface area contributed by atoms with Crippen LogP contribution in [0.5, 0.6) is 17.4 Å². The van der Waals surface area contributed by atoms with Crippen LogP contribution in [0.3, 0.4) is 0 Å². The lowest BCUT2D eigenvalue weighted by Crippen LogP contribution is -1.93. The molecule has 0 aliphatic heterocycles. The Labute approximate surface area is 114 Å². The van der Waals surface area contributed by atoms with E-state index in [0.29, 0.717) is 17.4 Å². The summed E-state index contributed by atoms with van der Waals surface area (Å²) in [5.41, 5.74) is 0. The molecule has 0 radical (unpaired) electrons. The maximum atomic E-state index is 5.89. The van der Waals surface area contributed by atoms with E-state index in [2.05, 4.69) is 9.97 Å². The highest BCUT2D eigenvalue weighted by atomic mass is 35.5. The smallest absolute Gasteiger partial charge is 0.242 e. The number of ether oxygens (including phenoxy) is 2.